The molecule has 0 bridgehead atoms. The molecule has 1 aliphatic carbocycles. The van der Waals surface area contributed by atoms with Crippen molar-refractivity contribution in [2.75, 3.05) is 20.2 Å². The van der Waals surface area contributed by atoms with Gasteiger partial charge in [0.2, 0.25) is 0 Å². The van der Waals surface area contributed by atoms with Crippen LogP contribution in [-0.4, -0.2) is 43.3 Å². The molecule has 17 heavy (non-hydrogen) atoms. The van der Waals surface area contributed by atoms with E-state index in [-0.39, 0.29) is 0 Å². The van der Waals surface area contributed by atoms with Crippen LogP contribution in [0, 0.1) is 0 Å². The lowest BCUT2D eigenvalue weighted by atomic mass is 10.0. The van der Waals surface area contributed by atoms with E-state index in [9.17, 15) is 0 Å². The molecule has 2 atom stereocenters. The largest absolute Gasteiger partial charge is 0.377 e. The topological polar surface area (TPSA) is 38.5 Å². The zero-order valence-corrected chi connectivity index (χ0v) is 11.2. The van der Waals surface area contributed by atoms with Gasteiger partial charge in [-0.15, -0.1) is 0 Å². The van der Waals surface area contributed by atoms with Crippen LogP contribution in [0.5, 0.6) is 0 Å². The highest BCUT2D eigenvalue weighted by atomic mass is 16.5. The van der Waals surface area contributed by atoms with Crippen molar-refractivity contribution in [2.45, 2.75) is 69.6 Å². The van der Waals surface area contributed by atoms with Crippen LogP contribution in [0.15, 0.2) is 0 Å². The Balaban J connectivity index is 1.92. The lowest BCUT2D eigenvalue weighted by molar-refractivity contribution is 0.0182. The van der Waals surface area contributed by atoms with Gasteiger partial charge in [0.15, 0.2) is 0 Å². The highest BCUT2D eigenvalue weighted by molar-refractivity contribution is 4.86. The van der Waals surface area contributed by atoms with Crippen LogP contribution in [0.1, 0.15) is 51.4 Å². The van der Waals surface area contributed by atoms with Crippen molar-refractivity contribution < 1.29 is 4.74 Å². The molecule has 2 unspecified atom stereocenters. The molecule has 2 fully saturated rings. The number of likely N-dealkylation sites (N-methyl/N-ethyl adjacent to an activating group) is 1. The Bertz CT molecular complexity index is 208. The second-order valence-electron chi connectivity index (χ2n) is 5.67. The molecule has 0 amide bonds. The van der Waals surface area contributed by atoms with Gasteiger partial charge in [-0.2, -0.15) is 0 Å². The fraction of sp³-hybridized carbons (Fsp3) is 1.00. The van der Waals surface area contributed by atoms with Crippen LogP contribution in [0.2, 0.25) is 0 Å². The van der Waals surface area contributed by atoms with Crippen molar-refractivity contribution in [2.24, 2.45) is 5.73 Å². The van der Waals surface area contributed by atoms with Crippen LogP contribution in [0.4, 0.5) is 0 Å². The number of hydrogen-bond donors (Lipinski definition) is 1. The highest BCUT2D eigenvalue weighted by Crippen LogP contribution is 2.26. The molecule has 0 aromatic rings. The predicted molar refractivity (Wildman–Crippen MR) is 71.1 cm³/mol. The van der Waals surface area contributed by atoms with Gasteiger partial charge < -0.3 is 10.5 Å². The van der Waals surface area contributed by atoms with E-state index >= 15 is 0 Å². The molecular formula is C14H28N2O. The molecule has 3 heteroatoms. The Morgan fingerprint density at radius 1 is 1.12 bits per heavy atom. The minimum Gasteiger partial charge on any atom is -0.377 e. The first-order chi connectivity index (χ1) is 8.33. The third-order valence-electron chi connectivity index (χ3n) is 4.56. The SMILES string of the molecule is CN(C1CCCCCC1)C(CN)C1CCCO1. The molecule has 1 aliphatic heterocycles. The zero-order valence-electron chi connectivity index (χ0n) is 11.2. The molecule has 0 aromatic heterocycles. The van der Waals surface area contributed by atoms with Gasteiger partial charge in [-0.05, 0) is 32.7 Å². The summed E-state index contributed by atoms with van der Waals surface area (Å²) in [6.45, 7) is 1.66. The van der Waals surface area contributed by atoms with E-state index in [0.717, 1.165) is 19.2 Å². The summed E-state index contributed by atoms with van der Waals surface area (Å²) in [4.78, 5) is 2.53. The van der Waals surface area contributed by atoms with Crippen LogP contribution in [0.3, 0.4) is 0 Å². The van der Waals surface area contributed by atoms with Gasteiger partial charge in [0, 0.05) is 25.2 Å². The summed E-state index contributed by atoms with van der Waals surface area (Å²) in [6, 6.07) is 1.16. The number of rotatable bonds is 4. The Kier molecular flexibility index (Phi) is 5.26. The normalized spacial score (nSPS) is 29.5. The fourth-order valence-corrected chi connectivity index (χ4v) is 3.42. The number of nitrogens with zero attached hydrogens (tertiary/aromatic N) is 1. The summed E-state index contributed by atoms with van der Waals surface area (Å²) in [6.07, 6.45) is 11.1. The number of nitrogens with two attached hydrogens (primary N) is 1. The predicted octanol–water partition coefficient (Wildman–Crippen LogP) is 2.15. The first-order valence-electron chi connectivity index (χ1n) is 7.36. The molecule has 0 aromatic carbocycles. The standard InChI is InChI=1S/C14H28N2O/c1-16(12-7-4-2-3-5-8-12)13(11-15)14-9-6-10-17-14/h12-14H,2-11,15H2,1H3. The molecular weight excluding hydrogens is 212 g/mol. The summed E-state index contributed by atoms with van der Waals surface area (Å²) >= 11 is 0. The monoisotopic (exact) mass is 240 g/mol. The summed E-state index contributed by atoms with van der Waals surface area (Å²) in [7, 11) is 2.26. The summed E-state index contributed by atoms with van der Waals surface area (Å²) in [5.41, 5.74) is 5.98. The molecule has 1 heterocycles. The van der Waals surface area contributed by atoms with E-state index in [0.29, 0.717) is 12.1 Å². The van der Waals surface area contributed by atoms with Gasteiger partial charge in [0.25, 0.3) is 0 Å². The van der Waals surface area contributed by atoms with Gasteiger partial charge in [-0.1, -0.05) is 25.7 Å². The maximum Gasteiger partial charge on any atom is 0.0743 e. The molecule has 100 valence electrons. The van der Waals surface area contributed by atoms with Gasteiger partial charge in [0.1, 0.15) is 0 Å². The summed E-state index contributed by atoms with van der Waals surface area (Å²) < 4.78 is 5.83. The molecule has 3 nitrogen and oxygen atoms in total. The quantitative estimate of drug-likeness (QED) is 0.765. The molecule has 0 spiro atoms. The molecule has 2 rings (SSSR count). The second kappa shape index (κ2) is 6.72. The summed E-state index contributed by atoms with van der Waals surface area (Å²) in [5, 5.41) is 0. The Morgan fingerprint density at radius 2 is 1.82 bits per heavy atom. The second-order valence-corrected chi connectivity index (χ2v) is 5.67. The average molecular weight is 240 g/mol. The van der Waals surface area contributed by atoms with E-state index < -0.39 is 0 Å². The molecule has 1 saturated carbocycles. The van der Waals surface area contributed by atoms with Crippen molar-refractivity contribution in [1.82, 2.24) is 4.90 Å². The third kappa shape index (κ3) is 3.43. The van der Waals surface area contributed by atoms with Crippen molar-refractivity contribution in [3.63, 3.8) is 0 Å². The van der Waals surface area contributed by atoms with E-state index in [1.807, 2.05) is 0 Å². The highest BCUT2D eigenvalue weighted by Gasteiger charge is 2.31. The maximum atomic E-state index is 5.98. The number of ether oxygens (including phenoxy) is 1. The lowest BCUT2D eigenvalue weighted by Crippen LogP contribution is -2.50. The minimum absolute atomic E-state index is 0.383. The van der Waals surface area contributed by atoms with Crippen molar-refractivity contribution in [1.29, 1.82) is 0 Å². The van der Waals surface area contributed by atoms with Crippen LogP contribution in [-0.2, 0) is 4.74 Å². The van der Waals surface area contributed by atoms with Crippen molar-refractivity contribution in [3.05, 3.63) is 0 Å². The van der Waals surface area contributed by atoms with Crippen LogP contribution in [0.25, 0.3) is 0 Å². The van der Waals surface area contributed by atoms with Gasteiger partial charge in [-0.25, -0.2) is 0 Å². The van der Waals surface area contributed by atoms with Gasteiger partial charge in [0.05, 0.1) is 6.10 Å². The zero-order chi connectivity index (χ0) is 12.1. The lowest BCUT2D eigenvalue weighted by Gasteiger charge is -2.37. The molecule has 0 radical (unpaired) electrons. The van der Waals surface area contributed by atoms with Crippen molar-refractivity contribution >= 4 is 0 Å². The van der Waals surface area contributed by atoms with Crippen LogP contribution < -0.4 is 5.73 Å². The van der Waals surface area contributed by atoms with Crippen molar-refractivity contribution in [3.8, 4) is 0 Å². The Morgan fingerprint density at radius 3 is 2.35 bits per heavy atom. The maximum absolute atomic E-state index is 5.98. The molecule has 1 saturated heterocycles. The first kappa shape index (κ1) is 13.3. The van der Waals surface area contributed by atoms with Crippen LogP contribution >= 0.6 is 0 Å². The third-order valence-corrected chi connectivity index (χ3v) is 4.56. The van der Waals surface area contributed by atoms with Gasteiger partial charge in [-0.3, -0.25) is 4.90 Å². The van der Waals surface area contributed by atoms with E-state index in [1.54, 1.807) is 0 Å². The minimum atomic E-state index is 0.383. The molecule has 2 N–H and O–H groups in total. The Labute approximate surface area is 106 Å². The Hall–Kier alpha value is -0.120. The van der Waals surface area contributed by atoms with E-state index in [2.05, 4.69) is 11.9 Å². The van der Waals surface area contributed by atoms with E-state index in [1.165, 1.54) is 51.4 Å². The smallest absolute Gasteiger partial charge is 0.0743 e. The molecule has 2 aliphatic rings. The van der Waals surface area contributed by atoms with E-state index in [4.69, 9.17) is 10.5 Å². The average Bonchev–Trinajstić information content (AvgIpc) is 2.72. The van der Waals surface area contributed by atoms with Gasteiger partial charge >= 0.3 is 0 Å². The number of hydrogen-bond acceptors (Lipinski definition) is 3. The fourth-order valence-electron chi connectivity index (χ4n) is 3.42. The first-order valence-corrected chi connectivity index (χ1v) is 7.36. The summed E-state index contributed by atoms with van der Waals surface area (Å²) in [5.74, 6) is 0.